The topological polar surface area (TPSA) is 121 Å². The minimum atomic E-state index is -1.89. The number of fused-ring (bicyclic) bond motifs is 4. The first kappa shape index (κ1) is 31.8. The maximum atomic E-state index is 14.2. The molecule has 48 heavy (non-hydrogen) atoms. The van der Waals surface area contributed by atoms with Crippen molar-refractivity contribution in [2.45, 2.75) is 22.6 Å². The predicted molar refractivity (Wildman–Crippen MR) is 179 cm³/mol. The molecule has 7 rings (SSSR count). The molecule has 2 aliphatic heterocycles. The fourth-order valence-corrected chi connectivity index (χ4v) is 8.74. The maximum Gasteiger partial charge on any atom is 0.253 e. The monoisotopic (exact) mass is 684 g/mol. The Kier molecular flexibility index (Phi) is 7.60. The number of phenolic OH excluding ortho intramolecular Hbond substituents is 1. The summed E-state index contributed by atoms with van der Waals surface area (Å²) in [5.41, 5.74) is 2.55. The van der Waals surface area contributed by atoms with Gasteiger partial charge in [0.15, 0.2) is 27.0 Å². The molecule has 2 aliphatic carbocycles. The van der Waals surface area contributed by atoms with Gasteiger partial charge in [0.25, 0.3) is 11.8 Å². The standard InChI is InChI=1S/C37H30Cl2N2O7/c1-40-34(46)36(38)19-26-24(27(37(36,39)35(40)47)16-8-20-9-17-28(42)29(18-20)48-2)14-15-25-30(26)33(45)41(32(25)44)23-12-10-22(11-13-23)31(43)21-6-4-3-5-7-21/h3-14,16-18,25-27,30,42H,15,19H2,1-2H3. The van der Waals surface area contributed by atoms with Crippen LogP contribution < -0.4 is 9.64 Å². The second kappa shape index (κ2) is 11.5. The van der Waals surface area contributed by atoms with Gasteiger partial charge in [-0.1, -0.05) is 60.2 Å². The zero-order valence-corrected chi connectivity index (χ0v) is 27.4. The summed E-state index contributed by atoms with van der Waals surface area (Å²) >= 11 is 14.4. The molecule has 4 amide bonds. The van der Waals surface area contributed by atoms with E-state index in [2.05, 4.69) is 0 Å². The first-order valence-electron chi connectivity index (χ1n) is 15.5. The molecule has 0 radical (unpaired) electrons. The van der Waals surface area contributed by atoms with Crippen molar-refractivity contribution in [3.8, 4) is 11.5 Å². The lowest BCUT2D eigenvalue weighted by atomic mass is 9.57. The van der Waals surface area contributed by atoms with Crippen molar-refractivity contribution >= 4 is 64.4 Å². The van der Waals surface area contributed by atoms with Gasteiger partial charge in [-0.25, -0.2) is 0 Å². The highest BCUT2D eigenvalue weighted by Gasteiger charge is 2.75. The quantitative estimate of drug-likeness (QED) is 0.160. The number of nitrogens with zero attached hydrogens (tertiary/aromatic N) is 2. The number of hydrogen-bond donors (Lipinski definition) is 1. The first-order valence-corrected chi connectivity index (χ1v) is 16.2. The lowest BCUT2D eigenvalue weighted by molar-refractivity contribution is -0.138. The summed E-state index contributed by atoms with van der Waals surface area (Å²) < 4.78 is 5.23. The van der Waals surface area contributed by atoms with E-state index in [1.807, 2.05) is 12.1 Å². The van der Waals surface area contributed by atoms with Crippen LogP contribution in [-0.4, -0.2) is 63.3 Å². The van der Waals surface area contributed by atoms with Crippen molar-refractivity contribution in [2.75, 3.05) is 19.1 Å². The van der Waals surface area contributed by atoms with Gasteiger partial charge in [0.1, 0.15) is 0 Å². The number of aromatic hydroxyl groups is 1. The Morgan fingerprint density at radius 2 is 1.60 bits per heavy atom. The van der Waals surface area contributed by atoms with E-state index in [0.29, 0.717) is 28.0 Å². The molecule has 0 bridgehead atoms. The van der Waals surface area contributed by atoms with Crippen LogP contribution >= 0.6 is 23.2 Å². The minimum absolute atomic E-state index is 0.0495. The Bertz CT molecular complexity index is 1960. The number of alkyl halides is 2. The number of carbonyl (C=O) groups excluding carboxylic acids is 5. The molecular weight excluding hydrogens is 655 g/mol. The highest BCUT2D eigenvalue weighted by Crippen LogP contribution is 2.63. The van der Waals surface area contributed by atoms with E-state index in [1.54, 1.807) is 72.8 Å². The van der Waals surface area contributed by atoms with Crippen LogP contribution in [0, 0.1) is 23.7 Å². The van der Waals surface area contributed by atoms with E-state index in [4.69, 9.17) is 27.9 Å². The van der Waals surface area contributed by atoms with Crippen LogP contribution in [0.4, 0.5) is 5.69 Å². The number of ether oxygens (including phenoxy) is 1. The molecule has 4 aliphatic rings. The van der Waals surface area contributed by atoms with E-state index in [1.165, 1.54) is 20.2 Å². The van der Waals surface area contributed by atoms with Gasteiger partial charge in [0.2, 0.25) is 11.8 Å². The van der Waals surface area contributed by atoms with Crippen molar-refractivity contribution < 1.29 is 33.8 Å². The number of amides is 4. The molecule has 3 fully saturated rings. The first-order chi connectivity index (χ1) is 22.9. The molecule has 3 aromatic carbocycles. The number of likely N-dealkylation sites (tertiary alicyclic amines) is 1. The molecule has 11 heteroatoms. The van der Waals surface area contributed by atoms with Crippen LogP contribution in [0.15, 0.2) is 90.5 Å². The fraction of sp³-hybridized carbons (Fsp3) is 0.270. The number of anilines is 1. The summed E-state index contributed by atoms with van der Waals surface area (Å²) in [6.45, 7) is 0. The van der Waals surface area contributed by atoms with Crippen LogP contribution in [0.1, 0.15) is 34.3 Å². The smallest absolute Gasteiger partial charge is 0.253 e. The van der Waals surface area contributed by atoms with Crippen LogP contribution in [-0.2, 0) is 19.2 Å². The Morgan fingerprint density at radius 3 is 2.29 bits per heavy atom. The molecule has 6 unspecified atom stereocenters. The molecule has 0 spiro atoms. The van der Waals surface area contributed by atoms with Gasteiger partial charge in [0.05, 0.1) is 24.6 Å². The van der Waals surface area contributed by atoms with Gasteiger partial charge in [-0.2, -0.15) is 0 Å². The lowest BCUT2D eigenvalue weighted by Gasteiger charge is -2.49. The Labute approximate surface area is 286 Å². The van der Waals surface area contributed by atoms with Gasteiger partial charge < -0.3 is 9.84 Å². The molecular formula is C37H30Cl2N2O7. The van der Waals surface area contributed by atoms with Crippen LogP contribution in [0.2, 0.25) is 0 Å². The van der Waals surface area contributed by atoms with Crippen LogP contribution in [0.5, 0.6) is 11.5 Å². The Morgan fingerprint density at radius 1 is 0.917 bits per heavy atom. The molecule has 1 N–H and O–H groups in total. The minimum Gasteiger partial charge on any atom is -0.504 e. The van der Waals surface area contributed by atoms with Gasteiger partial charge >= 0.3 is 0 Å². The number of allylic oxidation sites excluding steroid dienone is 3. The summed E-state index contributed by atoms with van der Waals surface area (Å²) in [6, 6.07) is 19.9. The van der Waals surface area contributed by atoms with E-state index < -0.39 is 51.1 Å². The van der Waals surface area contributed by atoms with Gasteiger partial charge in [-0.15, -0.1) is 23.2 Å². The number of imide groups is 2. The van der Waals surface area contributed by atoms with E-state index in [-0.39, 0.29) is 36.0 Å². The second-order valence-corrected chi connectivity index (χ2v) is 13.8. The average molecular weight is 686 g/mol. The number of methoxy groups -OCH3 is 1. The molecule has 2 saturated heterocycles. The summed E-state index contributed by atoms with van der Waals surface area (Å²) in [4.78, 5) is 66.7. The third-order valence-electron chi connectivity index (χ3n) is 10.2. The number of ketones is 1. The normalized spacial score (nSPS) is 29.5. The van der Waals surface area contributed by atoms with Crippen molar-refractivity contribution in [1.82, 2.24) is 4.90 Å². The van der Waals surface area contributed by atoms with E-state index in [0.717, 1.165) is 9.80 Å². The van der Waals surface area contributed by atoms with Crippen molar-refractivity contribution in [2.24, 2.45) is 23.7 Å². The maximum absolute atomic E-state index is 14.2. The number of hydrogen-bond acceptors (Lipinski definition) is 7. The predicted octanol–water partition coefficient (Wildman–Crippen LogP) is 5.37. The number of rotatable bonds is 6. The third-order valence-corrected chi connectivity index (χ3v) is 11.6. The van der Waals surface area contributed by atoms with Crippen molar-refractivity contribution in [1.29, 1.82) is 0 Å². The Hall–Kier alpha value is -4.73. The molecule has 0 aromatic heterocycles. The largest absolute Gasteiger partial charge is 0.504 e. The summed E-state index contributed by atoms with van der Waals surface area (Å²) in [5, 5.41) is 10.1. The van der Waals surface area contributed by atoms with Gasteiger partial charge in [0, 0.05) is 24.1 Å². The molecule has 244 valence electrons. The van der Waals surface area contributed by atoms with E-state index >= 15 is 0 Å². The second-order valence-electron chi connectivity index (χ2n) is 12.6. The molecule has 3 aromatic rings. The summed E-state index contributed by atoms with van der Waals surface area (Å²) in [5.74, 6) is -5.27. The Balaban J connectivity index is 1.25. The molecule has 2 heterocycles. The summed E-state index contributed by atoms with van der Waals surface area (Å²) in [6.07, 6.45) is 5.35. The van der Waals surface area contributed by atoms with Gasteiger partial charge in [-0.3, -0.25) is 33.8 Å². The average Bonchev–Trinajstić information content (AvgIpc) is 3.43. The SMILES string of the molecule is COc1cc(C=CC2C3=CCC4C(=O)N(c5ccc(C(=O)c6ccccc6)cc5)C(=O)C4C3CC3(Cl)C(=O)N(C)C(=O)C23Cl)ccc1O. The fourth-order valence-electron chi connectivity index (χ4n) is 7.77. The summed E-state index contributed by atoms with van der Waals surface area (Å²) in [7, 11) is 2.76. The highest BCUT2D eigenvalue weighted by molar-refractivity contribution is 6.53. The zero-order valence-electron chi connectivity index (χ0n) is 25.9. The number of benzene rings is 3. The van der Waals surface area contributed by atoms with Crippen molar-refractivity contribution in [3.05, 3.63) is 107 Å². The third kappa shape index (κ3) is 4.48. The van der Waals surface area contributed by atoms with Crippen LogP contribution in [0.25, 0.3) is 6.08 Å². The molecule has 1 saturated carbocycles. The molecule has 6 atom stereocenters. The molecule has 9 nitrogen and oxygen atoms in total. The van der Waals surface area contributed by atoms with E-state index in [9.17, 15) is 29.1 Å². The van der Waals surface area contributed by atoms with Crippen LogP contribution in [0.3, 0.4) is 0 Å². The zero-order chi connectivity index (χ0) is 34.1. The number of halogens is 2. The number of phenols is 1. The van der Waals surface area contributed by atoms with Crippen molar-refractivity contribution in [3.63, 3.8) is 0 Å². The number of carbonyl (C=O) groups is 5. The lowest BCUT2D eigenvalue weighted by Crippen LogP contribution is -2.60. The highest BCUT2D eigenvalue weighted by atomic mass is 35.5. The van der Waals surface area contributed by atoms with Gasteiger partial charge in [-0.05, 0) is 60.7 Å².